The Kier molecular flexibility index (Phi) is 6.54. The minimum absolute atomic E-state index is 0.0147. The first-order valence-electron chi connectivity index (χ1n) is 11.9. The summed E-state index contributed by atoms with van der Waals surface area (Å²) in [4.78, 5) is 66.9. The van der Waals surface area contributed by atoms with Crippen molar-refractivity contribution >= 4 is 29.8 Å². The molecule has 0 amide bonds. The fourth-order valence-electron chi connectivity index (χ4n) is 7.41. The van der Waals surface area contributed by atoms with Gasteiger partial charge < -0.3 is 23.7 Å². The zero-order valence-corrected chi connectivity index (χ0v) is 19.7. The Balaban J connectivity index is 2.01. The summed E-state index contributed by atoms with van der Waals surface area (Å²) in [6, 6.07) is 0. The van der Waals surface area contributed by atoms with E-state index < -0.39 is 58.0 Å². The fraction of sp³-hybridized carbons (Fsp3) is 0.720. The number of hydrogen-bond donors (Lipinski definition) is 0. The summed E-state index contributed by atoms with van der Waals surface area (Å²) in [6.45, 7) is 5.52. The van der Waals surface area contributed by atoms with Crippen molar-refractivity contribution in [2.75, 3.05) is 26.9 Å². The summed E-state index contributed by atoms with van der Waals surface area (Å²) in [5.41, 5.74) is -3.12. The van der Waals surface area contributed by atoms with E-state index in [0.717, 1.165) is 6.29 Å². The minimum atomic E-state index is -1.83. The molecule has 1 spiro atoms. The summed E-state index contributed by atoms with van der Waals surface area (Å²) in [5.74, 6) is -7.83. The molecule has 3 saturated carbocycles. The molecular weight excluding hydrogens is 444 g/mol. The molecule has 0 aromatic carbocycles. The number of Topliss-reactive ketones (excluding diaryl/α,β-unsaturated/α-hetero) is 2. The summed E-state index contributed by atoms with van der Waals surface area (Å²) in [5, 5.41) is 0. The van der Waals surface area contributed by atoms with Crippen LogP contribution in [0.4, 0.5) is 0 Å². The van der Waals surface area contributed by atoms with E-state index in [9.17, 15) is 24.0 Å². The third kappa shape index (κ3) is 3.16. The van der Waals surface area contributed by atoms with Crippen molar-refractivity contribution in [3.05, 3.63) is 12.7 Å². The van der Waals surface area contributed by atoms with E-state index in [1.54, 1.807) is 6.92 Å². The number of carbonyl (C=O) groups excluding carboxylic acids is 5. The van der Waals surface area contributed by atoms with E-state index in [1.165, 1.54) is 13.2 Å². The maximum absolute atomic E-state index is 14.3. The number of carbonyl (C=O) groups is 5. The summed E-state index contributed by atoms with van der Waals surface area (Å²) >= 11 is 0. The van der Waals surface area contributed by atoms with E-state index in [-0.39, 0.29) is 44.9 Å². The van der Waals surface area contributed by atoms with E-state index in [4.69, 9.17) is 18.9 Å². The lowest BCUT2D eigenvalue weighted by molar-refractivity contribution is -0.276. The maximum Gasteiger partial charge on any atom is 0.320 e. The van der Waals surface area contributed by atoms with Gasteiger partial charge in [0.1, 0.15) is 24.2 Å². The number of ether oxygens (including phenoxy) is 4. The number of ketones is 2. The number of fused-ring (bicyclic) bond motifs is 4. The van der Waals surface area contributed by atoms with Gasteiger partial charge in [0.25, 0.3) is 0 Å². The minimum Gasteiger partial charge on any atom is -0.468 e. The Morgan fingerprint density at radius 3 is 2.53 bits per heavy atom. The maximum atomic E-state index is 14.3. The summed E-state index contributed by atoms with van der Waals surface area (Å²) in [7, 11) is 1.20. The second-order valence-electron chi connectivity index (χ2n) is 9.90. The van der Waals surface area contributed by atoms with Crippen LogP contribution in [0.3, 0.4) is 0 Å². The second kappa shape index (κ2) is 9.00. The molecule has 1 saturated heterocycles. The molecule has 0 radical (unpaired) electrons. The van der Waals surface area contributed by atoms with Crippen molar-refractivity contribution < 1.29 is 42.9 Å². The zero-order chi connectivity index (χ0) is 24.7. The molecule has 0 N–H and O–H groups in total. The number of aldehydes is 1. The Bertz CT molecular complexity index is 894. The predicted molar refractivity (Wildman–Crippen MR) is 116 cm³/mol. The van der Waals surface area contributed by atoms with Crippen LogP contribution >= 0.6 is 0 Å². The molecule has 9 heteroatoms. The van der Waals surface area contributed by atoms with Gasteiger partial charge in [-0.15, -0.1) is 0 Å². The van der Waals surface area contributed by atoms with Gasteiger partial charge in [-0.05, 0) is 24.7 Å². The second-order valence-corrected chi connectivity index (χ2v) is 9.90. The van der Waals surface area contributed by atoms with Crippen LogP contribution in [0.5, 0.6) is 0 Å². The number of rotatable bonds is 6. The number of hydrogen-bond acceptors (Lipinski definition) is 9. The molecule has 1 unspecified atom stereocenters. The van der Waals surface area contributed by atoms with Gasteiger partial charge in [0, 0.05) is 24.7 Å². The Hall–Kier alpha value is -2.39. The standard InChI is InChI=1S/C25H32O9/c1-4-12-32-21(29)18-19-24(33-13-14-34-24)10-8-17(27)25(19,22(30)31-3)16-7-5-6-15(9-11-26)23(16,2)20(18)28/h4,11,15-16,18-19H,1,5-10,12-14H2,2-3H3/t15-,16-,18?,19+,23-,25+/m0/s1. The van der Waals surface area contributed by atoms with E-state index in [2.05, 4.69) is 6.58 Å². The molecule has 34 heavy (non-hydrogen) atoms. The lowest BCUT2D eigenvalue weighted by Gasteiger charge is -2.63. The molecule has 4 fully saturated rings. The highest BCUT2D eigenvalue weighted by molar-refractivity contribution is 6.12. The van der Waals surface area contributed by atoms with Crippen molar-refractivity contribution in [2.24, 2.45) is 34.5 Å². The van der Waals surface area contributed by atoms with Gasteiger partial charge >= 0.3 is 11.9 Å². The highest BCUT2D eigenvalue weighted by Gasteiger charge is 2.79. The van der Waals surface area contributed by atoms with Crippen LogP contribution in [-0.2, 0) is 42.9 Å². The molecule has 0 bridgehead atoms. The first kappa shape index (κ1) is 24.7. The van der Waals surface area contributed by atoms with E-state index >= 15 is 0 Å². The van der Waals surface area contributed by atoms with Crippen molar-refractivity contribution in [1.29, 1.82) is 0 Å². The van der Waals surface area contributed by atoms with Crippen LogP contribution in [0.15, 0.2) is 12.7 Å². The van der Waals surface area contributed by atoms with Gasteiger partial charge in [-0.2, -0.15) is 0 Å². The first-order valence-corrected chi connectivity index (χ1v) is 11.9. The van der Waals surface area contributed by atoms with Crippen LogP contribution in [0.2, 0.25) is 0 Å². The van der Waals surface area contributed by atoms with Crippen molar-refractivity contribution in [1.82, 2.24) is 0 Å². The van der Waals surface area contributed by atoms with Crippen molar-refractivity contribution in [3.63, 3.8) is 0 Å². The molecular formula is C25H32O9. The van der Waals surface area contributed by atoms with E-state index in [1.807, 2.05) is 0 Å². The monoisotopic (exact) mass is 476 g/mol. The molecule has 4 aliphatic rings. The van der Waals surface area contributed by atoms with Gasteiger partial charge in [0.2, 0.25) is 0 Å². The molecule has 0 aromatic rings. The lowest BCUT2D eigenvalue weighted by Crippen LogP contribution is -2.75. The highest BCUT2D eigenvalue weighted by atomic mass is 16.7. The van der Waals surface area contributed by atoms with Crippen molar-refractivity contribution in [2.45, 2.75) is 51.2 Å². The molecule has 186 valence electrons. The van der Waals surface area contributed by atoms with Gasteiger partial charge in [-0.3, -0.25) is 19.2 Å². The fourth-order valence-corrected chi connectivity index (χ4v) is 7.41. The van der Waals surface area contributed by atoms with Crippen LogP contribution in [-0.4, -0.2) is 62.5 Å². The Morgan fingerprint density at radius 2 is 1.91 bits per heavy atom. The average Bonchev–Trinajstić information content (AvgIpc) is 3.30. The van der Waals surface area contributed by atoms with Gasteiger partial charge in [0.05, 0.1) is 26.2 Å². The lowest BCUT2D eigenvalue weighted by atomic mass is 9.38. The average molecular weight is 477 g/mol. The largest absolute Gasteiger partial charge is 0.468 e. The predicted octanol–water partition coefficient (Wildman–Crippen LogP) is 1.81. The van der Waals surface area contributed by atoms with Gasteiger partial charge in [0.15, 0.2) is 17.4 Å². The molecule has 6 atom stereocenters. The van der Waals surface area contributed by atoms with E-state index in [0.29, 0.717) is 19.3 Å². The Morgan fingerprint density at radius 1 is 1.21 bits per heavy atom. The molecule has 3 aliphatic carbocycles. The molecule has 1 heterocycles. The number of methoxy groups -OCH3 is 1. The van der Waals surface area contributed by atoms with Crippen LogP contribution in [0, 0.1) is 34.5 Å². The van der Waals surface area contributed by atoms with Crippen LogP contribution in [0.25, 0.3) is 0 Å². The highest BCUT2D eigenvalue weighted by Crippen LogP contribution is 2.68. The normalized spacial score (nSPS) is 38.5. The molecule has 9 nitrogen and oxygen atoms in total. The topological polar surface area (TPSA) is 122 Å². The molecule has 0 aromatic heterocycles. The summed E-state index contributed by atoms with van der Waals surface area (Å²) in [6.07, 6.45) is 3.92. The van der Waals surface area contributed by atoms with Gasteiger partial charge in [-0.1, -0.05) is 26.0 Å². The third-order valence-corrected chi connectivity index (χ3v) is 8.72. The number of esters is 2. The third-order valence-electron chi connectivity index (χ3n) is 8.72. The van der Waals surface area contributed by atoms with Crippen molar-refractivity contribution in [3.8, 4) is 0 Å². The van der Waals surface area contributed by atoms with Gasteiger partial charge in [-0.25, -0.2) is 0 Å². The zero-order valence-electron chi connectivity index (χ0n) is 19.7. The molecule has 1 aliphatic heterocycles. The summed E-state index contributed by atoms with van der Waals surface area (Å²) < 4.78 is 22.6. The smallest absolute Gasteiger partial charge is 0.320 e. The van der Waals surface area contributed by atoms with Crippen LogP contribution < -0.4 is 0 Å². The SMILES string of the molecule is C=CCOC(=O)C1C(=O)[C@@]2(C)[C@H](CC=O)CCC[C@@H]2[C@@]2(C(=O)OC)C(=O)CCC3(OCCO3)[C@@H]12. The quantitative estimate of drug-likeness (QED) is 0.244. The first-order chi connectivity index (χ1) is 16.3. The Labute approximate surface area is 198 Å². The van der Waals surface area contributed by atoms with Crippen LogP contribution in [0.1, 0.15) is 45.4 Å². The molecule has 4 rings (SSSR count).